The van der Waals surface area contributed by atoms with Crippen LogP contribution in [0.2, 0.25) is 0 Å². The fourth-order valence-corrected chi connectivity index (χ4v) is 2.42. The molecule has 20 heavy (non-hydrogen) atoms. The summed E-state index contributed by atoms with van der Waals surface area (Å²) in [5.41, 5.74) is 2.33. The van der Waals surface area contributed by atoms with E-state index in [2.05, 4.69) is 38.9 Å². The van der Waals surface area contributed by atoms with Crippen LogP contribution in [0.25, 0.3) is 10.9 Å². The van der Waals surface area contributed by atoms with Gasteiger partial charge in [-0.2, -0.15) is 5.10 Å². The smallest absolute Gasteiger partial charge is 0.191 e. The van der Waals surface area contributed by atoms with Crippen LogP contribution in [0.4, 0.5) is 0 Å². The van der Waals surface area contributed by atoms with Crippen molar-refractivity contribution in [2.45, 2.75) is 12.8 Å². The number of halogens is 1. The zero-order chi connectivity index (χ0) is 13.1. The summed E-state index contributed by atoms with van der Waals surface area (Å²) < 4.78 is 1.95. The summed E-state index contributed by atoms with van der Waals surface area (Å²) in [7, 11) is 1.99. The molecule has 0 radical (unpaired) electrons. The predicted molar refractivity (Wildman–Crippen MR) is 92.8 cm³/mol. The third kappa shape index (κ3) is 3.23. The topological polar surface area (TPSA) is 54.2 Å². The highest BCUT2D eigenvalue weighted by Gasteiger charge is 2.08. The normalized spacial score (nSPS) is 14.3. The molecule has 1 aliphatic rings. The van der Waals surface area contributed by atoms with E-state index < -0.39 is 0 Å². The minimum Gasteiger partial charge on any atom is -0.356 e. The molecule has 0 atom stereocenters. The maximum Gasteiger partial charge on any atom is 0.191 e. The van der Waals surface area contributed by atoms with Crippen LogP contribution in [0.3, 0.4) is 0 Å². The molecule has 0 saturated carbocycles. The number of hydrogen-bond acceptors (Lipinski definition) is 4. The molecule has 2 heterocycles. The first-order valence-electron chi connectivity index (χ1n) is 6.77. The van der Waals surface area contributed by atoms with Gasteiger partial charge in [0.15, 0.2) is 5.96 Å². The molecule has 108 valence electrons. The second-order valence-corrected chi connectivity index (χ2v) is 4.77. The zero-order valence-corrected chi connectivity index (χ0v) is 13.9. The van der Waals surface area contributed by atoms with Crippen LogP contribution in [0.1, 0.15) is 12.1 Å². The molecule has 1 aliphatic heterocycles. The van der Waals surface area contributed by atoms with Gasteiger partial charge in [-0.05, 0) is 12.5 Å². The predicted octanol–water partition coefficient (Wildman–Crippen LogP) is 1.67. The highest BCUT2D eigenvalue weighted by molar-refractivity contribution is 14.0. The van der Waals surface area contributed by atoms with Crippen LogP contribution in [0, 0.1) is 0 Å². The van der Waals surface area contributed by atoms with E-state index in [0.29, 0.717) is 0 Å². The lowest BCUT2D eigenvalue weighted by molar-refractivity contribution is 0.693. The van der Waals surface area contributed by atoms with Crippen molar-refractivity contribution in [3.05, 3.63) is 30.0 Å². The molecule has 0 fully saturated rings. The summed E-state index contributed by atoms with van der Waals surface area (Å²) in [5, 5.41) is 12.4. The minimum absolute atomic E-state index is 0. The van der Waals surface area contributed by atoms with Crippen molar-refractivity contribution in [3.8, 4) is 0 Å². The van der Waals surface area contributed by atoms with Gasteiger partial charge in [0.1, 0.15) is 0 Å². The Morgan fingerprint density at radius 2 is 2.20 bits per heavy atom. The van der Waals surface area contributed by atoms with Gasteiger partial charge in [-0.15, -0.1) is 24.0 Å². The molecule has 0 bridgehead atoms. The lowest BCUT2D eigenvalue weighted by atomic mass is 10.2. The second-order valence-electron chi connectivity index (χ2n) is 4.77. The fourth-order valence-electron chi connectivity index (χ4n) is 2.42. The van der Waals surface area contributed by atoms with Gasteiger partial charge in [0.25, 0.3) is 0 Å². The first kappa shape index (κ1) is 15.1. The standard InChI is InChI=1S/C14H19N5.HI/c1-19-13-6-3-2-5-11(13)12(18-19)7-10-17-14-15-8-4-9-16-14;/h2-3,5-6H,4,7-10H2,1H3,(H2,15,16,17);1H. The Morgan fingerprint density at radius 1 is 1.35 bits per heavy atom. The fraction of sp³-hybridized carbons (Fsp3) is 0.429. The Morgan fingerprint density at radius 3 is 3.00 bits per heavy atom. The maximum atomic E-state index is 4.59. The second kappa shape index (κ2) is 6.92. The SMILES string of the molecule is Cn1nc(CCNC2=NCCCN2)c2ccccc21.I. The van der Waals surface area contributed by atoms with Crippen LogP contribution in [0.15, 0.2) is 29.3 Å². The number of fused-ring (bicyclic) bond motifs is 1. The monoisotopic (exact) mass is 385 g/mol. The van der Waals surface area contributed by atoms with Crippen LogP contribution < -0.4 is 10.6 Å². The van der Waals surface area contributed by atoms with Crippen molar-refractivity contribution in [3.63, 3.8) is 0 Å². The Balaban J connectivity index is 0.00000147. The largest absolute Gasteiger partial charge is 0.356 e. The average Bonchev–Trinajstić information content (AvgIpc) is 2.78. The Kier molecular flexibility index (Phi) is 5.22. The Labute approximate surface area is 135 Å². The molecule has 1 aromatic heterocycles. The summed E-state index contributed by atoms with van der Waals surface area (Å²) in [5.74, 6) is 0.923. The van der Waals surface area contributed by atoms with Gasteiger partial charge < -0.3 is 10.6 Å². The van der Waals surface area contributed by atoms with Crippen LogP contribution in [-0.4, -0.2) is 35.4 Å². The van der Waals surface area contributed by atoms with Crippen molar-refractivity contribution >= 4 is 40.8 Å². The number of benzene rings is 1. The van der Waals surface area contributed by atoms with Gasteiger partial charge in [0.05, 0.1) is 11.2 Å². The number of rotatable bonds is 3. The number of aliphatic imine (C=N–C) groups is 1. The van der Waals surface area contributed by atoms with E-state index in [9.17, 15) is 0 Å². The molecule has 2 N–H and O–H groups in total. The first-order valence-corrected chi connectivity index (χ1v) is 6.77. The van der Waals surface area contributed by atoms with E-state index in [1.807, 2.05) is 17.8 Å². The molecular formula is C14H20IN5. The summed E-state index contributed by atoms with van der Waals surface area (Å²) in [4.78, 5) is 4.40. The van der Waals surface area contributed by atoms with E-state index in [4.69, 9.17) is 0 Å². The number of guanidine groups is 1. The Hall–Kier alpha value is -1.31. The van der Waals surface area contributed by atoms with E-state index in [-0.39, 0.29) is 24.0 Å². The molecule has 6 heteroatoms. The number of nitrogens with one attached hydrogen (secondary N) is 2. The summed E-state index contributed by atoms with van der Waals surface area (Å²) in [6, 6.07) is 8.35. The molecule has 0 unspecified atom stereocenters. The van der Waals surface area contributed by atoms with Gasteiger partial charge in [-0.25, -0.2) is 0 Å². The van der Waals surface area contributed by atoms with Gasteiger partial charge in [-0.1, -0.05) is 18.2 Å². The van der Waals surface area contributed by atoms with Crippen LogP contribution in [-0.2, 0) is 13.5 Å². The molecule has 0 spiro atoms. The minimum atomic E-state index is 0. The molecule has 3 rings (SSSR count). The maximum absolute atomic E-state index is 4.59. The quantitative estimate of drug-likeness (QED) is 0.791. The third-order valence-corrected chi connectivity index (χ3v) is 3.39. The molecule has 2 aromatic rings. The van der Waals surface area contributed by atoms with Crippen molar-refractivity contribution in [1.29, 1.82) is 0 Å². The van der Waals surface area contributed by atoms with Crippen LogP contribution in [0.5, 0.6) is 0 Å². The number of aromatic nitrogens is 2. The molecule has 0 saturated heterocycles. The average molecular weight is 385 g/mol. The number of para-hydroxylation sites is 1. The lowest BCUT2D eigenvalue weighted by Gasteiger charge is -2.15. The summed E-state index contributed by atoms with van der Waals surface area (Å²) in [6.07, 6.45) is 2.03. The van der Waals surface area contributed by atoms with Gasteiger partial charge >= 0.3 is 0 Å². The van der Waals surface area contributed by atoms with Crippen molar-refractivity contribution in [1.82, 2.24) is 20.4 Å². The highest BCUT2D eigenvalue weighted by Crippen LogP contribution is 2.17. The number of nitrogens with zero attached hydrogens (tertiary/aromatic N) is 3. The number of aryl methyl sites for hydroxylation is 1. The molecular weight excluding hydrogens is 365 g/mol. The zero-order valence-electron chi connectivity index (χ0n) is 11.6. The molecule has 0 amide bonds. The number of hydrogen-bond donors (Lipinski definition) is 2. The van der Waals surface area contributed by atoms with Crippen LogP contribution >= 0.6 is 24.0 Å². The van der Waals surface area contributed by atoms with E-state index in [1.54, 1.807) is 0 Å². The van der Waals surface area contributed by atoms with Crippen molar-refractivity contribution in [2.75, 3.05) is 19.6 Å². The molecule has 0 aliphatic carbocycles. The van der Waals surface area contributed by atoms with Crippen molar-refractivity contribution in [2.24, 2.45) is 12.0 Å². The van der Waals surface area contributed by atoms with Crippen molar-refractivity contribution < 1.29 is 0 Å². The first-order chi connectivity index (χ1) is 9.34. The Bertz CT molecular complexity index is 605. The molecule has 5 nitrogen and oxygen atoms in total. The third-order valence-electron chi connectivity index (χ3n) is 3.39. The van der Waals surface area contributed by atoms with Gasteiger partial charge in [-0.3, -0.25) is 9.67 Å². The van der Waals surface area contributed by atoms with E-state index >= 15 is 0 Å². The highest BCUT2D eigenvalue weighted by atomic mass is 127. The van der Waals surface area contributed by atoms with E-state index in [0.717, 1.165) is 44.1 Å². The van der Waals surface area contributed by atoms with E-state index in [1.165, 1.54) is 10.9 Å². The summed E-state index contributed by atoms with van der Waals surface area (Å²) in [6.45, 7) is 2.78. The summed E-state index contributed by atoms with van der Waals surface area (Å²) >= 11 is 0. The van der Waals surface area contributed by atoms with Gasteiger partial charge in [0, 0.05) is 38.5 Å². The lowest BCUT2D eigenvalue weighted by Crippen LogP contribution is -2.41. The molecule has 1 aromatic carbocycles. The van der Waals surface area contributed by atoms with Gasteiger partial charge in [0.2, 0.25) is 0 Å².